The van der Waals surface area contributed by atoms with Gasteiger partial charge in [0.1, 0.15) is 0 Å². The van der Waals surface area contributed by atoms with Crippen LogP contribution in [0.4, 0.5) is 14.5 Å². The standard InChI is InChI=1S/C11H14F2N2OS/c1-6(5-17-2)15-11(16)7-3-8(12)9(13)4-10(7)14/h3-4,6H,5,14H2,1-2H3,(H,15,16). The number of hydrogen-bond acceptors (Lipinski definition) is 3. The molecule has 0 bridgehead atoms. The number of anilines is 1. The van der Waals surface area contributed by atoms with Gasteiger partial charge < -0.3 is 11.1 Å². The molecule has 0 fully saturated rings. The van der Waals surface area contributed by atoms with E-state index in [2.05, 4.69) is 5.32 Å². The summed E-state index contributed by atoms with van der Waals surface area (Å²) >= 11 is 1.58. The van der Waals surface area contributed by atoms with Gasteiger partial charge in [0.15, 0.2) is 11.6 Å². The number of nitrogens with one attached hydrogen (secondary N) is 1. The molecule has 0 radical (unpaired) electrons. The van der Waals surface area contributed by atoms with Crippen LogP contribution in [0.5, 0.6) is 0 Å². The number of carbonyl (C=O) groups is 1. The Labute approximate surface area is 103 Å². The molecule has 1 rings (SSSR count). The Morgan fingerprint density at radius 1 is 1.47 bits per heavy atom. The van der Waals surface area contributed by atoms with Crippen molar-refractivity contribution in [1.82, 2.24) is 5.32 Å². The van der Waals surface area contributed by atoms with Gasteiger partial charge in [-0.1, -0.05) is 0 Å². The SMILES string of the molecule is CSCC(C)NC(=O)c1cc(F)c(F)cc1N. The number of thioether (sulfide) groups is 1. The van der Waals surface area contributed by atoms with Crippen LogP contribution in [0, 0.1) is 11.6 Å². The van der Waals surface area contributed by atoms with Crippen LogP contribution in [0.1, 0.15) is 17.3 Å². The highest BCUT2D eigenvalue weighted by atomic mass is 32.2. The number of nitrogen functional groups attached to an aromatic ring is 1. The molecule has 0 spiro atoms. The Morgan fingerprint density at radius 3 is 2.65 bits per heavy atom. The predicted octanol–water partition coefficient (Wildman–Crippen LogP) is 2.03. The monoisotopic (exact) mass is 260 g/mol. The maximum atomic E-state index is 13.0. The number of hydrogen-bond donors (Lipinski definition) is 2. The van der Waals surface area contributed by atoms with E-state index in [-0.39, 0.29) is 17.3 Å². The Hall–Kier alpha value is -1.30. The van der Waals surface area contributed by atoms with Gasteiger partial charge in [0.05, 0.1) is 5.56 Å². The van der Waals surface area contributed by atoms with Crippen molar-refractivity contribution in [3.8, 4) is 0 Å². The molecule has 17 heavy (non-hydrogen) atoms. The van der Waals surface area contributed by atoms with Gasteiger partial charge in [-0.15, -0.1) is 0 Å². The number of benzene rings is 1. The maximum Gasteiger partial charge on any atom is 0.253 e. The molecule has 3 nitrogen and oxygen atoms in total. The lowest BCUT2D eigenvalue weighted by Crippen LogP contribution is -2.34. The molecule has 1 aromatic carbocycles. The van der Waals surface area contributed by atoms with Crippen LogP contribution in [0.25, 0.3) is 0 Å². The summed E-state index contributed by atoms with van der Waals surface area (Å²) in [6.07, 6.45) is 1.91. The van der Waals surface area contributed by atoms with Crippen LogP contribution in [-0.4, -0.2) is 24.0 Å². The molecule has 0 heterocycles. The summed E-state index contributed by atoms with van der Waals surface area (Å²) in [5.74, 6) is -1.91. The molecule has 1 unspecified atom stereocenters. The van der Waals surface area contributed by atoms with Crippen LogP contribution in [0.3, 0.4) is 0 Å². The lowest BCUT2D eigenvalue weighted by Gasteiger charge is -2.13. The summed E-state index contributed by atoms with van der Waals surface area (Å²) in [6, 6.07) is 1.56. The summed E-state index contributed by atoms with van der Waals surface area (Å²) in [5, 5.41) is 2.66. The van der Waals surface area contributed by atoms with Gasteiger partial charge in [-0.2, -0.15) is 11.8 Å². The first-order chi connectivity index (χ1) is 7.95. The molecule has 6 heteroatoms. The molecule has 0 saturated heterocycles. The fourth-order valence-electron chi connectivity index (χ4n) is 1.35. The molecule has 3 N–H and O–H groups in total. The van der Waals surface area contributed by atoms with Crippen molar-refractivity contribution in [2.75, 3.05) is 17.7 Å². The number of rotatable bonds is 4. The fraction of sp³-hybridized carbons (Fsp3) is 0.364. The van der Waals surface area contributed by atoms with E-state index in [1.54, 1.807) is 11.8 Å². The molecule has 94 valence electrons. The third-order valence-corrected chi connectivity index (χ3v) is 2.96. The van der Waals surface area contributed by atoms with Crippen LogP contribution >= 0.6 is 11.8 Å². The summed E-state index contributed by atoms with van der Waals surface area (Å²) in [6.45, 7) is 1.82. The van der Waals surface area contributed by atoms with E-state index < -0.39 is 17.5 Å². The van der Waals surface area contributed by atoms with Gasteiger partial charge >= 0.3 is 0 Å². The lowest BCUT2D eigenvalue weighted by atomic mass is 10.1. The van der Waals surface area contributed by atoms with Gasteiger partial charge in [0, 0.05) is 23.5 Å². The molecule has 1 amide bonds. The zero-order valence-corrected chi connectivity index (χ0v) is 10.4. The molecule has 0 aliphatic rings. The minimum Gasteiger partial charge on any atom is -0.398 e. The van der Waals surface area contributed by atoms with Gasteiger partial charge in [0.25, 0.3) is 5.91 Å². The quantitative estimate of drug-likeness (QED) is 0.814. The number of nitrogens with two attached hydrogens (primary N) is 1. The highest BCUT2D eigenvalue weighted by molar-refractivity contribution is 7.98. The van der Waals surface area contributed by atoms with Crippen LogP contribution in [0.15, 0.2) is 12.1 Å². The average Bonchev–Trinajstić information content (AvgIpc) is 2.23. The van der Waals surface area contributed by atoms with Crippen molar-refractivity contribution < 1.29 is 13.6 Å². The van der Waals surface area contributed by atoms with E-state index in [1.807, 2.05) is 13.2 Å². The van der Waals surface area contributed by atoms with Crippen LogP contribution in [0.2, 0.25) is 0 Å². The second kappa shape index (κ2) is 5.86. The first kappa shape index (κ1) is 13.8. The third kappa shape index (κ3) is 3.59. The molecule has 0 aliphatic heterocycles. The van der Waals surface area contributed by atoms with Crippen molar-refractivity contribution in [2.24, 2.45) is 0 Å². The smallest absolute Gasteiger partial charge is 0.253 e. The Bertz CT molecular complexity index is 426. The summed E-state index contributed by atoms with van der Waals surface area (Å²) in [4.78, 5) is 11.7. The molecule has 0 aliphatic carbocycles. The molecule has 0 aromatic heterocycles. The Morgan fingerprint density at radius 2 is 2.06 bits per heavy atom. The highest BCUT2D eigenvalue weighted by Crippen LogP contribution is 2.17. The lowest BCUT2D eigenvalue weighted by molar-refractivity contribution is 0.0944. The Kier molecular flexibility index (Phi) is 4.74. The maximum absolute atomic E-state index is 13.0. The molecule has 0 saturated carbocycles. The molecular weight excluding hydrogens is 246 g/mol. The molecule has 1 aromatic rings. The zero-order valence-electron chi connectivity index (χ0n) is 9.59. The predicted molar refractivity (Wildman–Crippen MR) is 66.1 cm³/mol. The van der Waals surface area contributed by atoms with Crippen molar-refractivity contribution in [1.29, 1.82) is 0 Å². The van der Waals surface area contributed by atoms with E-state index in [0.717, 1.165) is 17.9 Å². The van der Waals surface area contributed by atoms with E-state index in [1.165, 1.54) is 0 Å². The second-order valence-electron chi connectivity index (χ2n) is 3.68. The Balaban J connectivity index is 2.86. The highest BCUT2D eigenvalue weighted by Gasteiger charge is 2.15. The van der Waals surface area contributed by atoms with Gasteiger partial charge in [-0.3, -0.25) is 4.79 Å². The van der Waals surface area contributed by atoms with Gasteiger partial charge in [-0.25, -0.2) is 8.78 Å². The van der Waals surface area contributed by atoms with Gasteiger partial charge in [0.2, 0.25) is 0 Å². The van der Waals surface area contributed by atoms with Crippen molar-refractivity contribution in [3.05, 3.63) is 29.3 Å². The van der Waals surface area contributed by atoms with E-state index in [4.69, 9.17) is 5.73 Å². The van der Waals surface area contributed by atoms with Crippen LogP contribution < -0.4 is 11.1 Å². The molecule has 1 atom stereocenters. The molecular formula is C11H14F2N2OS. The number of carbonyl (C=O) groups excluding carboxylic acids is 1. The summed E-state index contributed by atoms with van der Waals surface area (Å²) in [7, 11) is 0. The normalized spacial score (nSPS) is 12.2. The minimum atomic E-state index is -1.08. The fourth-order valence-corrected chi connectivity index (χ4v) is 1.94. The first-order valence-electron chi connectivity index (χ1n) is 5.00. The third-order valence-electron chi connectivity index (χ3n) is 2.13. The zero-order chi connectivity index (χ0) is 13.0. The van der Waals surface area contributed by atoms with Gasteiger partial charge in [-0.05, 0) is 19.2 Å². The van der Waals surface area contributed by atoms with Crippen molar-refractivity contribution in [3.63, 3.8) is 0 Å². The topological polar surface area (TPSA) is 55.1 Å². The summed E-state index contributed by atoms with van der Waals surface area (Å²) < 4.78 is 25.8. The minimum absolute atomic E-state index is 0.0446. The van der Waals surface area contributed by atoms with E-state index in [9.17, 15) is 13.6 Å². The van der Waals surface area contributed by atoms with Crippen LogP contribution in [-0.2, 0) is 0 Å². The summed E-state index contributed by atoms with van der Waals surface area (Å²) in [5.41, 5.74) is 5.35. The van der Waals surface area contributed by atoms with Crippen molar-refractivity contribution in [2.45, 2.75) is 13.0 Å². The van der Waals surface area contributed by atoms with E-state index in [0.29, 0.717) is 0 Å². The van der Waals surface area contributed by atoms with Crippen molar-refractivity contribution >= 4 is 23.4 Å². The number of halogens is 2. The second-order valence-corrected chi connectivity index (χ2v) is 4.59. The number of amides is 1. The first-order valence-corrected chi connectivity index (χ1v) is 6.39. The average molecular weight is 260 g/mol. The van der Waals surface area contributed by atoms with E-state index >= 15 is 0 Å². The largest absolute Gasteiger partial charge is 0.398 e.